The molecule has 1 aromatic carbocycles. The molecule has 0 spiro atoms. The molecule has 0 aromatic heterocycles. The molecule has 0 heterocycles. The topological polar surface area (TPSA) is 20.2 Å². The summed E-state index contributed by atoms with van der Waals surface area (Å²) in [6.07, 6.45) is 0.723. The van der Waals surface area contributed by atoms with Crippen molar-refractivity contribution >= 4 is 38.5 Å². The van der Waals surface area contributed by atoms with Gasteiger partial charge in [-0.25, -0.2) is 0 Å². The minimum absolute atomic E-state index is 0.367. The van der Waals surface area contributed by atoms with Crippen LogP contribution < -0.4 is 0 Å². The lowest BCUT2D eigenvalue weighted by Crippen LogP contribution is -1.89. The summed E-state index contributed by atoms with van der Waals surface area (Å²) in [5.74, 6) is 0.367. The van der Waals surface area contributed by atoms with Gasteiger partial charge in [0.2, 0.25) is 0 Å². The minimum Gasteiger partial charge on any atom is -0.507 e. The van der Waals surface area contributed by atoms with E-state index in [0.29, 0.717) is 5.75 Å². The molecule has 0 bridgehead atoms. The van der Waals surface area contributed by atoms with Crippen LogP contribution in [0.4, 0.5) is 0 Å². The smallest absolute Gasteiger partial charge is 0.132 e. The number of benzene rings is 1. The predicted octanol–water partition coefficient (Wildman–Crippen LogP) is 3.88. The van der Waals surface area contributed by atoms with Crippen molar-refractivity contribution in [2.45, 2.75) is 13.3 Å². The highest BCUT2D eigenvalue weighted by atomic mass is 127. The summed E-state index contributed by atoms with van der Waals surface area (Å²) < 4.78 is 1.86. The lowest BCUT2D eigenvalue weighted by atomic mass is 10.1. The number of allylic oxidation sites excluding steroid dienone is 1. The van der Waals surface area contributed by atoms with Crippen LogP contribution >= 0.6 is 38.5 Å². The minimum atomic E-state index is 0.367. The SMILES string of the molecule is C=C(C)Cc1cc(Br)cc(I)c1O. The second-order valence-electron chi connectivity index (χ2n) is 3.03. The van der Waals surface area contributed by atoms with Gasteiger partial charge in [0.05, 0.1) is 3.57 Å². The first kappa shape index (κ1) is 11.0. The third-order valence-corrected chi connectivity index (χ3v) is 2.88. The molecule has 0 unspecified atom stereocenters. The normalized spacial score (nSPS) is 10.1. The zero-order chi connectivity index (χ0) is 10.0. The van der Waals surface area contributed by atoms with Crippen LogP contribution in [0.3, 0.4) is 0 Å². The fraction of sp³-hybridized carbons (Fsp3) is 0.200. The van der Waals surface area contributed by atoms with Crippen molar-refractivity contribution in [3.63, 3.8) is 0 Å². The molecule has 0 fully saturated rings. The second kappa shape index (κ2) is 4.46. The zero-order valence-electron chi connectivity index (χ0n) is 7.27. The van der Waals surface area contributed by atoms with Gasteiger partial charge in [-0.2, -0.15) is 0 Å². The Morgan fingerprint density at radius 2 is 2.23 bits per heavy atom. The Bertz CT molecular complexity index is 347. The van der Waals surface area contributed by atoms with Crippen molar-refractivity contribution in [3.8, 4) is 5.75 Å². The maximum absolute atomic E-state index is 9.70. The quantitative estimate of drug-likeness (QED) is 0.632. The van der Waals surface area contributed by atoms with Crippen LogP contribution in [0.15, 0.2) is 28.8 Å². The Balaban J connectivity index is 3.12. The van der Waals surface area contributed by atoms with E-state index in [1.807, 2.05) is 19.1 Å². The van der Waals surface area contributed by atoms with Gasteiger partial charge in [0, 0.05) is 10.0 Å². The lowest BCUT2D eigenvalue weighted by molar-refractivity contribution is 0.465. The van der Waals surface area contributed by atoms with Gasteiger partial charge in [-0.3, -0.25) is 0 Å². The van der Waals surface area contributed by atoms with Gasteiger partial charge in [-0.15, -0.1) is 0 Å². The average Bonchev–Trinajstić information content (AvgIpc) is 1.98. The van der Waals surface area contributed by atoms with Crippen LogP contribution in [-0.2, 0) is 6.42 Å². The molecule has 1 rings (SSSR count). The van der Waals surface area contributed by atoms with E-state index in [-0.39, 0.29) is 0 Å². The number of hydrogen-bond donors (Lipinski definition) is 1. The van der Waals surface area contributed by atoms with Crippen molar-refractivity contribution < 1.29 is 5.11 Å². The van der Waals surface area contributed by atoms with E-state index < -0.39 is 0 Å². The van der Waals surface area contributed by atoms with Crippen LogP contribution in [0.1, 0.15) is 12.5 Å². The van der Waals surface area contributed by atoms with E-state index in [9.17, 15) is 5.11 Å². The van der Waals surface area contributed by atoms with Crippen molar-refractivity contribution in [2.75, 3.05) is 0 Å². The zero-order valence-corrected chi connectivity index (χ0v) is 11.0. The van der Waals surface area contributed by atoms with Gasteiger partial charge in [-0.1, -0.05) is 28.1 Å². The van der Waals surface area contributed by atoms with Crippen LogP contribution in [0, 0.1) is 3.57 Å². The van der Waals surface area contributed by atoms with Gasteiger partial charge < -0.3 is 5.11 Å². The van der Waals surface area contributed by atoms with E-state index in [1.54, 1.807) is 0 Å². The van der Waals surface area contributed by atoms with Gasteiger partial charge in [-0.05, 0) is 48.1 Å². The van der Waals surface area contributed by atoms with E-state index in [4.69, 9.17) is 0 Å². The number of hydrogen-bond acceptors (Lipinski definition) is 1. The number of rotatable bonds is 2. The third kappa shape index (κ3) is 2.98. The summed E-state index contributed by atoms with van der Waals surface area (Å²) in [5.41, 5.74) is 1.97. The first-order valence-electron chi connectivity index (χ1n) is 3.82. The number of aromatic hydroxyl groups is 1. The summed E-state index contributed by atoms with van der Waals surface area (Å²) in [7, 11) is 0. The number of halogens is 2. The van der Waals surface area contributed by atoms with Crippen molar-refractivity contribution in [1.82, 2.24) is 0 Å². The molecule has 1 N–H and O–H groups in total. The van der Waals surface area contributed by atoms with Gasteiger partial charge in [0.25, 0.3) is 0 Å². The maximum atomic E-state index is 9.70. The van der Waals surface area contributed by atoms with Crippen LogP contribution in [-0.4, -0.2) is 5.11 Å². The van der Waals surface area contributed by atoms with Crippen molar-refractivity contribution in [2.24, 2.45) is 0 Å². The molecule has 13 heavy (non-hydrogen) atoms. The van der Waals surface area contributed by atoms with E-state index in [0.717, 1.165) is 25.6 Å². The number of phenolic OH excluding ortho intramolecular Hbond substituents is 1. The monoisotopic (exact) mass is 352 g/mol. The van der Waals surface area contributed by atoms with Crippen LogP contribution in [0.5, 0.6) is 5.75 Å². The first-order chi connectivity index (χ1) is 6.00. The highest BCUT2D eigenvalue weighted by Crippen LogP contribution is 2.29. The molecule has 0 aliphatic carbocycles. The fourth-order valence-corrected chi connectivity index (χ4v) is 2.69. The van der Waals surface area contributed by atoms with Gasteiger partial charge >= 0.3 is 0 Å². The average molecular weight is 353 g/mol. The van der Waals surface area contributed by atoms with E-state index in [1.165, 1.54) is 0 Å². The van der Waals surface area contributed by atoms with Crippen LogP contribution in [0.25, 0.3) is 0 Å². The summed E-state index contributed by atoms with van der Waals surface area (Å²) in [4.78, 5) is 0. The molecule has 0 saturated carbocycles. The standard InChI is InChI=1S/C10H10BrIO/c1-6(2)3-7-4-8(11)5-9(12)10(7)13/h4-5,13H,1,3H2,2H3. The lowest BCUT2D eigenvalue weighted by Gasteiger charge is -2.06. The highest BCUT2D eigenvalue weighted by Gasteiger charge is 2.06. The van der Waals surface area contributed by atoms with Crippen LogP contribution in [0.2, 0.25) is 0 Å². The summed E-state index contributed by atoms with van der Waals surface area (Å²) >= 11 is 5.50. The molecule has 70 valence electrons. The van der Waals surface area contributed by atoms with E-state index >= 15 is 0 Å². The predicted molar refractivity (Wildman–Crippen MR) is 67.0 cm³/mol. The fourth-order valence-electron chi connectivity index (χ4n) is 1.08. The molecule has 3 heteroatoms. The Morgan fingerprint density at radius 1 is 1.62 bits per heavy atom. The Morgan fingerprint density at radius 3 is 2.77 bits per heavy atom. The molecule has 0 atom stereocenters. The molecule has 1 aromatic rings. The molecule has 0 radical (unpaired) electrons. The number of phenols is 1. The van der Waals surface area contributed by atoms with E-state index in [2.05, 4.69) is 45.1 Å². The summed E-state index contributed by atoms with van der Waals surface area (Å²) in [6, 6.07) is 3.81. The van der Waals surface area contributed by atoms with Crippen molar-refractivity contribution in [3.05, 3.63) is 37.9 Å². The van der Waals surface area contributed by atoms with Gasteiger partial charge in [0.15, 0.2) is 0 Å². The molecular formula is C10H10BrIO. The summed E-state index contributed by atoms with van der Waals surface area (Å²) in [6.45, 7) is 5.77. The third-order valence-electron chi connectivity index (χ3n) is 1.60. The van der Waals surface area contributed by atoms with Gasteiger partial charge in [0.1, 0.15) is 5.75 Å². The molecular weight excluding hydrogens is 343 g/mol. The first-order valence-corrected chi connectivity index (χ1v) is 5.69. The highest BCUT2D eigenvalue weighted by molar-refractivity contribution is 14.1. The summed E-state index contributed by atoms with van der Waals surface area (Å²) in [5, 5.41) is 9.70. The second-order valence-corrected chi connectivity index (χ2v) is 5.11. The maximum Gasteiger partial charge on any atom is 0.132 e. The molecule has 1 nitrogen and oxygen atoms in total. The molecule has 0 saturated heterocycles. The Kier molecular flexibility index (Phi) is 3.79. The molecule has 0 aliphatic heterocycles. The molecule has 0 aliphatic rings. The Labute approximate surface area is 100 Å². The Hall–Kier alpha value is -0.0300. The van der Waals surface area contributed by atoms with Crippen molar-refractivity contribution in [1.29, 1.82) is 0 Å². The largest absolute Gasteiger partial charge is 0.507 e. The molecule has 0 amide bonds.